The molecule has 1 aliphatic heterocycles. The number of urea groups is 1. The molecule has 14 heavy (non-hydrogen) atoms. The fourth-order valence-corrected chi connectivity index (χ4v) is 2.48. The molecular formula is C9H15N3O2. The van der Waals surface area contributed by atoms with Crippen LogP contribution in [0.15, 0.2) is 0 Å². The standard InChI is InChI=1S/C9H15N3O2/c1-10-6-4-2-3-5(6)7-8(13)12-9(14)11-7/h5-7,10H,2-4H2,1H3,(H2,11,12,13,14). The zero-order valence-corrected chi connectivity index (χ0v) is 8.17. The predicted molar refractivity (Wildman–Crippen MR) is 50.7 cm³/mol. The summed E-state index contributed by atoms with van der Waals surface area (Å²) in [5.74, 6) is 0.0635. The van der Waals surface area contributed by atoms with Crippen molar-refractivity contribution in [3.8, 4) is 0 Å². The Morgan fingerprint density at radius 2 is 2.14 bits per heavy atom. The Kier molecular flexibility index (Phi) is 2.41. The van der Waals surface area contributed by atoms with Crippen LogP contribution in [0.25, 0.3) is 0 Å². The molecular weight excluding hydrogens is 182 g/mol. The summed E-state index contributed by atoms with van der Waals surface area (Å²) in [6.45, 7) is 0. The van der Waals surface area contributed by atoms with E-state index in [0.717, 1.165) is 19.3 Å². The highest BCUT2D eigenvalue weighted by molar-refractivity contribution is 6.04. The van der Waals surface area contributed by atoms with Gasteiger partial charge in [0.2, 0.25) is 0 Å². The number of nitrogens with one attached hydrogen (secondary N) is 3. The van der Waals surface area contributed by atoms with E-state index in [1.807, 2.05) is 7.05 Å². The molecule has 5 nitrogen and oxygen atoms in total. The molecule has 2 rings (SSSR count). The van der Waals surface area contributed by atoms with Crippen molar-refractivity contribution >= 4 is 11.9 Å². The van der Waals surface area contributed by atoms with Gasteiger partial charge in [-0.25, -0.2) is 4.79 Å². The first-order valence-corrected chi connectivity index (χ1v) is 5.01. The lowest BCUT2D eigenvalue weighted by Gasteiger charge is -2.22. The van der Waals surface area contributed by atoms with Crippen molar-refractivity contribution in [3.05, 3.63) is 0 Å². The van der Waals surface area contributed by atoms with Gasteiger partial charge >= 0.3 is 6.03 Å². The summed E-state index contributed by atoms with van der Waals surface area (Å²) < 4.78 is 0. The zero-order valence-electron chi connectivity index (χ0n) is 8.17. The molecule has 2 fully saturated rings. The maximum absolute atomic E-state index is 11.4. The summed E-state index contributed by atoms with van der Waals surface area (Å²) in [6.07, 6.45) is 3.21. The second-order valence-corrected chi connectivity index (χ2v) is 3.93. The molecule has 3 unspecified atom stereocenters. The maximum atomic E-state index is 11.4. The Balaban J connectivity index is 2.07. The molecule has 0 aromatic carbocycles. The molecule has 0 bridgehead atoms. The molecule has 78 valence electrons. The predicted octanol–water partition coefficient (Wildman–Crippen LogP) is -0.417. The molecule has 0 aromatic rings. The lowest BCUT2D eigenvalue weighted by molar-refractivity contribution is -0.121. The summed E-state index contributed by atoms with van der Waals surface area (Å²) >= 11 is 0. The second kappa shape index (κ2) is 3.57. The highest BCUT2D eigenvalue weighted by Gasteiger charge is 2.41. The van der Waals surface area contributed by atoms with Gasteiger partial charge in [0.15, 0.2) is 0 Å². The molecule has 0 aromatic heterocycles. The lowest BCUT2D eigenvalue weighted by Crippen LogP contribution is -2.44. The monoisotopic (exact) mass is 197 g/mol. The maximum Gasteiger partial charge on any atom is 0.322 e. The minimum absolute atomic E-state index is 0.179. The fraction of sp³-hybridized carbons (Fsp3) is 0.778. The van der Waals surface area contributed by atoms with E-state index in [1.165, 1.54) is 0 Å². The number of carbonyl (C=O) groups is 2. The number of rotatable bonds is 2. The molecule has 1 saturated carbocycles. The molecule has 5 heteroatoms. The van der Waals surface area contributed by atoms with E-state index in [4.69, 9.17) is 0 Å². The highest BCUT2D eigenvalue weighted by atomic mass is 16.2. The van der Waals surface area contributed by atoms with E-state index >= 15 is 0 Å². The van der Waals surface area contributed by atoms with Crippen molar-refractivity contribution in [2.45, 2.75) is 31.3 Å². The van der Waals surface area contributed by atoms with Gasteiger partial charge in [0.05, 0.1) is 0 Å². The smallest absolute Gasteiger partial charge is 0.322 e. The lowest BCUT2D eigenvalue weighted by atomic mass is 9.94. The van der Waals surface area contributed by atoms with Crippen molar-refractivity contribution in [1.29, 1.82) is 0 Å². The van der Waals surface area contributed by atoms with E-state index in [2.05, 4.69) is 16.0 Å². The van der Waals surface area contributed by atoms with Gasteiger partial charge in [0.25, 0.3) is 5.91 Å². The number of hydrogen-bond acceptors (Lipinski definition) is 3. The Labute approximate surface area is 82.6 Å². The van der Waals surface area contributed by atoms with Crippen LogP contribution >= 0.6 is 0 Å². The Bertz CT molecular complexity index is 267. The van der Waals surface area contributed by atoms with Gasteiger partial charge in [-0.2, -0.15) is 0 Å². The van der Waals surface area contributed by atoms with Crippen molar-refractivity contribution < 1.29 is 9.59 Å². The Morgan fingerprint density at radius 1 is 1.36 bits per heavy atom. The van der Waals surface area contributed by atoms with Crippen LogP contribution in [0.4, 0.5) is 4.79 Å². The number of carbonyl (C=O) groups excluding carboxylic acids is 2. The van der Waals surface area contributed by atoms with Gasteiger partial charge in [0, 0.05) is 12.0 Å². The topological polar surface area (TPSA) is 70.2 Å². The molecule has 1 heterocycles. The average Bonchev–Trinajstić information content (AvgIpc) is 2.71. The van der Waals surface area contributed by atoms with Crippen LogP contribution in [0.5, 0.6) is 0 Å². The summed E-state index contributed by atoms with van der Waals surface area (Å²) in [5.41, 5.74) is 0. The van der Waals surface area contributed by atoms with Crippen molar-refractivity contribution in [2.75, 3.05) is 7.05 Å². The van der Waals surface area contributed by atoms with Crippen LogP contribution < -0.4 is 16.0 Å². The molecule has 3 N–H and O–H groups in total. The highest BCUT2D eigenvalue weighted by Crippen LogP contribution is 2.29. The minimum Gasteiger partial charge on any atom is -0.326 e. The van der Waals surface area contributed by atoms with E-state index in [9.17, 15) is 9.59 Å². The first kappa shape index (κ1) is 9.45. The number of amides is 3. The van der Waals surface area contributed by atoms with E-state index in [-0.39, 0.29) is 23.9 Å². The molecule has 3 amide bonds. The molecule has 2 aliphatic rings. The third kappa shape index (κ3) is 1.48. The van der Waals surface area contributed by atoms with Crippen LogP contribution in [0.1, 0.15) is 19.3 Å². The van der Waals surface area contributed by atoms with Crippen molar-refractivity contribution in [1.82, 2.24) is 16.0 Å². The molecule has 0 radical (unpaired) electrons. The van der Waals surface area contributed by atoms with Gasteiger partial charge in [-0.3, -0.25) is 10.1 Å². The van der Waals surface area contributed by atoms with E-state index in [0.29, 0.717) is 6.04 Å². The van der Waals surface area contributed by atoms with Crippen LogP contribution in [0.2, 0.25) is 0 Å². The van der Waals surface area contributed by atoms with E-state index in [1.54, 1.807) is 0 Å². The van der Waals surface area contributed by atoms with Gasteiger partial charge < -0.3 is 10.6 Å². The van der Waals surface area contributed by atoms with Crippen molar-refractivity contribution in [3.63, 3.8) is 0 Å². The zero-order chi connectivity index (χ0) is 10.1. The van der Waals surface area contributed by atoms with Gasteiger partial charge in [0.1, 0.15) is 6.04 Å². The largest absolute Gasteiger partial charge is 0.326 e. The SMILES string of the molecule is CNC1CCCC1C1NC(=O)NC1=O. The third-order valence-electron chi connectivity index (χ3n) is 3.17. The molecule has 1 aliphatic carbocycles. The summed E-state index contributed by atoms with van der Waals surface area (Å²) in [6, 6.07) is -0.339. The number of imide groups is 1. The Morgan fingerprint density at radius 3 is 2.71 bits per heavy atom. The molecule has 1 saturated heterocycles. The van der Waals surface area contributed by atoms with Crippen LogP contribution in [0.3, 0.4) is 0 Å². The Hall–Kier alpha value is -1.10. The van der Waals surface area contributed by atoms with E-state index < -0.39 is 0 Å². The summed E-state index contributed by atoms with van der Waals surface area (Å²) in [5, 5.41) is 8.14. The minimum atomic E-state index is -0.359. The third-order valence-corrected chi connectivity index (χ3v) is 3.17. The van der Waals surface area contributed by atoms with Gasteiger partial charge in [-0.05, 0) is 19.9 Å². The van der Waals surface area contributed by atoms with Crippen molar-refractivity contribution in [2.24, 2.45) is 5.92 Å². The van der Waals surface area contributed by atoms with Gasteiger partial charge in [-0.15, -0.1) is 0 Å². The molecule has 3 atom stereocenters. The molecule has 0 spiro atoms. The van der Waals surface area contributed by atoms with Crippen LogP contribution in [-0.2, 0) is 4.79 Å². The normalized spacial score (nSPS) is 37.1. The number of hydrogen-bond donors (Lipinski definition) is 3. The van der Waals surface area contributed by atoms with Crippen LogP contribution in [0, 0.1) is 5.92 Å². The average molecular weight is 197 g/mol. The quantitative estimate of drug-likeness (QED) is 0.527. The first-order valence-electron chi connectivity index (χ1n) is 5.01. The fourth-order valence-electron chi connectivity index (χ4n) is 2.48. The summed E-state index contributed by atoms with van der Waals surface area (Å²) in [7, 11) is 1.90. The van der Waals surface area contributed by atoms with Crippen LogP contribution in [-0.4, -0.2) is 31.1 Å². The van der Waals surface area contributed by atoms with Gasteiger partial charge in [-0.1, -0.05) is 6.42 Å². The second-order valence-electron chi connectivity index (χ2n) is 3.93. The summed E-state index contributed by atoms with van der Waals surface area (Å²) in [4.78, 5) is 22.4. The first-order chi connectivity index (χ1) is 6.72.